The second kappa shape index (κ2) is 9.82. The lowest BCUT2D eigenvalue weighted by Gasteiger charge is -2.24. The fourth-order valence-electron chi connectivity index (χ4n) is 2.74. The number of guanidine groups is 1. The highest BCUT2D eigenvalue weighted by molar-refractivity contribution is 5.79. The van der Waals surface area contributed by atoms with Crippen LogP contribution in [-0.2, 0) is 13.6 Å². The zero-order chi connectivity index (χ0) is 18.9. The summed E-state index contributed by atoms with van der Waals surface area (Å²) < 4.78 is 7.23. The number of methoxy groups -OCH3 is 1. The van der Waals surface area contributed by atoms with Crippen LogP contribution >= 0.6 is 0 Å². The fourth-order valence-corrected chi connectivity index (χ4v) is 2.74. The van der Waals surface area contributed by atoms with Gasteiger partial charge in [0.1, 0.15) is 5.75 Å². The first-order chi connectivity index (χ1) is 12.5. The molecule has 2 N–H and O–H groups in total. The van der Waals surface area contributed by atoms with Crippen molar-refractivity contribution in [2.45, 2.75) is 19.5 Å². The minimum absolute atomic E-state index is 0.207. The molecule has 1 aromatic heterocycles. The molecule has 0 aliphatic heterocycles. The van der Waals surface area contributed by atoms with Crippen LogP contribution in [0.2, 0.25) is 0 Å². The quantitative estimate of drug-likeness (QED) is 0.556. The molecule has 0 bridgehead atoms. The van der Waals surface area contributed by atoms with Crippen molar-refractivity contribution in [1.82, 2.24) is 25.3 Å². The Balaban J connectivity index is 2.06. The third kappa shape index (κ3) is 5.49. The number of aromatic nitrogens is 2. The van der Waals surface area contributed by atoms with Gasteiger partial charge in [0.05, 0.1) is 25.9 Å². The first kappa shape index (κ1) is 19.8. The number of aryl methyl sites for hydroxylation is 1. The van der Waals surface area contributed by atoms with Crippen molar-refractivity contribution in [2.24, 2.45) is 12.0 Å². The zero-order valence-corrected chi connectivity index (χ0v) is 16.4. The van der Waals surface area contributed by atoms with Crippen LogP contribution in [0.3, 0.4) is 0 Å². The molecule has 26 heavy (non-hydrogen) atoms. The summed E-state index contributed by atoms with van der Waals surface area (Å²) in [7, 11) is 7.75. The smallest absolute Gasteiger partial charge is 0.191 e. The van der Waals surface area contributed by atoms with Crippen LogP contribution in [0.5, 0.6) is 5.75 Å². The summed E-state index contributed by atoms with van der Waals surface area (Å²) in [6.45, 7) is 4.15. The number of likely N-dealkylation sites (N-methyl/N-ethyl adjacent to an activating group) is 1. The Morgan fingerprint density at radius 2 is 2.08 bits per heavy atom. The van der Waals surface area contributed by atoms with Crippen LogP contribution in [-0.4, -0.2) is 54.9 Å². The van der Waals surface area contributed by atoms with E-state index in [9.17, 15) is 0 Å². The van der Waals surface area contributed by atoms with E-state index >= 15 is 0 Å². The van der Waals surface area contributed by atoms with Crippen LogP contribution < -0.4 is 15.4 Å². The van der Waals surface area contributed by atoms with E-state index in [1.165, 1.54) is 5.56 Å². The molecule has 7 nitrogen and oxygen atoms in total. The largest absolute Gasteiger partial charge is 0.496 e. The van der Waals surface area contributed by atoms with E-state index in [2.05, 4.69) is 41.7 Å². The van der Waals surface area contributed by atoms with Crippen molar-refractivity contribution in [1.29, 1.82) is 0 Å². The van der Waals surface area contributed by atoms with Gasteiger partial charge in [-0.15, -0.1) is 0 Å². The predicted molar refractivity (Wildman–Crippen MR) is 105 cm³/mol. The van der Waals surface area contributed by atoms with Crippen molar-refractivity contribution < 1.29 is 4.74 Å². The Morgan fingerprint density at radius 1 is 1.31 bits per heavy atom. The van der Waals surface area contributed by atoms with Crippen LogP contribution in [0.15, 0.2) is 41.7 Å². The van der Waals surface area contributed by atoms with E-state index in [1.54, 1.807) is 7.11 Å². The molecule has 1 atom stereocenters. The second-order valence-electron chi connectivity index (χ2n) is 6.31. The zero-order valence-electron chi connectivity index (χ0n) is 16.4. The molecule has 0 aliphatic rings. The highest BCUT2D eigenvalue weighted by Gasteiger charge is 2.16. The van der Waals surface area contributed by atoms with Gasteiger partial charge in [0, 0.05) is 37.5 Å². The maximum Gasteiger partial charge on any atom is 0.191 e. The van der Waals surface area contributed by atoms with Crippen molar-refractivity contribution >= 4 is 5.96 Å². The van der Waals surface area contributed by atoms with Gasteiger partial charge in [0.15, 0.2) is 5.96 Å². The highest BCUT2D eigenvalue weighted by Crippen LogP contribution is 2.18. The number of aliphatic imine (C=N–C) groups is 1. The van der Waals surface area contributed by atoms with Crippen molar-refractivity contribution in [2.75, 3.05) is 34.3 Å². The minimum Gasteiger partial charge on any atom is -0.496 e. The lowest BCUT2D eigenvalue weighted by molar-refractivity contribution is 0.298. The SMILES string of the molecule is CCNC(=NCc1ccccc1OC)NCC(c1cnn(C)c1)N(C)C. The lowest BCUT2D eigenvalue weighted by atomic mass is 10.1. The third-order valence-corrected chi connectivity index (χ3v) is 4.14. The van der Waals surface area contributed by atoms with E-state index in [1.807, 2.05) is 48.4 Å². The summed E-state index contributed by atoms with van der Waals surface area (Å²) in [6.07, 6.45) is 3.95. The van der Waals surface area contributed by atoms with Gasteiger partial charge < -0.3 is 20.3 Å². The molecule has 0 aliphatic carbocycles. The molecule has 0 spiro atoms. The molecule has 2 aromatic rings. The summed E-state index contributed by atoms with van der Waals surface area (Å²) in [5.74, 6) is 1.64. The molecule has 1 unspecified atom stereocenters. The van der Waals surface area contributed by atoms with E-state index in [4.69, 9.17) is 9.73 Å². The summed E-state index contributed by atoms with van der Waals surface area (Å²) in [6, 6.07) is 8.15. The number of ether oxygens (including phenoxy) is 1. The Hall–Kier alpha value is -2.54. The molecule has 0 saturated carbocycles. The molecule has 1 heterocycles. The van der Waals surface area contributed by atoms with Gasteiger partial charge in [-0.25, -0.2) is 4.99 Å². The topological polar surface area (TPSA) is 66.7 Å². The molecule has 0 fully saturated rings. The minimum atomic E-state index is 0.207. The van der Waals surface area contributed by atoms with Crippen LogP contribution in [0.4, 0.5) is 0 Å². The van der Waals surface area contributed by atoms with E-state index in [0.29, 0.717) is 6.54 Å². The van der Waals surface area contributed by atoms with Crippen molar-refractivity contribution in [3.63, 3.8) is 0 Å². The molecule has 0 amide bonds. The van der Waals surface area contributed by atoms with Crippen LogP contribution in [0.25, 0.3) is 0 Å². The monoisotopic (exact) mass is 358 g/mol. The second-order valence-corrected chi connectivity index (χ2v) is 6.31. The van der Waals surface area contributed by atoms with Gasteiger partial charge in [0.25, 0.3) is 0 Å². The summed E-state index contributed by atoms with van der Waals surface area (Å²) in [5, 5.41) is 11.0. The molecule has 0 saturated heterocycles. The number of nitrogens with one attached hydrogen (secondary N) is 2. The average molecular weight is 358 g/mol. The number of nitrogens with zero attached hydrogens (tertiary/aromatic N) is 4. The lowest BCUT2D eigenvalue weighted by Crippen LogP contribution is -2.41. The molecule has 0 radical (unpaired) electrons. The van der Waals surface area contributed by atoms with Gasteiger partial charge in [-0.3, -0.25) is 4.68 Å². The summed E-state index contributed by atoms with van der Waals surface area (Å²) in [4.78, 5) is 6.87. The molecular weight excluding hydrogens is 328 g/mol. The van der Waals surface area contributed by atoms with Crippen LogP contribution in [0.1, 0.15) is 24.1 Å². The third-order valence-electron chi connectivity index (χ3n) is 4.14. The Bertz CT molecular complexity index is 710. The van der Waals surface area contributed by atoms with Gasteiger partial charge in [-0.05, 0) is 27.1 Å². The van der Waals surface area contributed by atoms with E-state index in [-0.39, 0.29) is 6.04 Å². The molecule has 2 rings (SSSR count). The molecule has 142 valence electrons. The fraction of sp³-hybridized carbons (Fsp3) is 0.474. The van der Waals surface area contributed by atoms with E-state index < -0.39 is 0 Å². The summed E-state index contributed by atoms with van der Waals surface area (Å²) >= 11 is 0. The first-order valence-electron chi connectivity index (χ1n) is 8.84. The Labute approximate surface area is 156 Å². The standard InChI is InChI=1S/C19H30N6O/c1-6-20-19(21-11-15-9-7-8-10-18(15)26-5)22-13-17(24(2)3)16-12-23-25(4)14-16/h7-10,12,14,17H,6,11,13H2,1-5H3,(H2,20,21,22). The Morgan fingerprint density at radius 3 is 2.69 bits per heavy atom. The number of hydrogen-bond acceptors (Lipinski definition) is 4. The van der Waals surface area contributed by atoms with Gasteiger partial charge in [0.2, 0.25) is 0 Å². The van der Waals surface area contributed by atoms with Gasteiger partial charge >= 0.3 is 0 Å². The normalized spacial score (nSPS) is 12.9. The predicted octanol–water partition coefficient (Wildman–Crippen LogP) is 1.79. The number of hydrogen-bond donors (Lipinski definition) is 2. The molecular formula is C19H30N6O. The average Bonchev–Trinajstić information content (AvgIpc) is 3.05. The van der Waals surface area contributed by atoms with E-state index in [0.717, 1.165) is 30.4 Å². The van der Waals surface area contributed by atoms with Gasteiger partial charge in [-0.1, -0.05) is 18.2 Å². The first-order valence-corrected chi connectivity index (χ1v) is 8.84. The Kier molecular flexibility index (Phi) is 7.47. The number of para-hydroxylation sites is 1. The van der Waals surface area contributed by atoms with Crippen LogP contribution in [0, 0.1) is 0 Å². The number of rotatable bonds is 8. The molecule has 7 heteroatoms. The van der Waals surface area contributed by atoms with Crippen molar-refractivity contribution in [3.05, 3.63) is 47.8 Å². The maximum absolute atomic E-state index is 5.40. The van der Waals surface area contributed by atoms with Gasteiger partial charge in [-0.2, -0.15) is 5.10 Å². The van der Waals surface area contributed by atoms with Crippen molar-refractivity contribution in [3.8, 4) is 5.75 Å². The number of benzene rings is 1. The molecule has 1 aromatic carbocycles. The summed E-state index contributed by atoms with van der Waals surface area (Å²) in [5.41, 5.74) is 2.23. The maximum atomic E-state index is 5.40. The highest BCUT2D eigenvalue weighted by atomic mass is 16.5.